The van der Waals surface area contributed by atoms with Gasteiger partial charge in [-0.3, -0.25) is 0 Å². The number of nitrogens with zero attached hydrogens (tertiary/aromatic N) is 1. The number of rotatable bonds is 4. The number of carbonyl (C=O) groups excluding carboxylic acids is 1. The molecule has 1 atom stereocenters. The standard InChI is InChI=1S/C12H16N2O2S/c1-17-11-4-2-9(3-5-11)7-14-8-10(6-13)16-12(14)15/h2-5,10H,6-8,13H2,1H3. The molecule has 2 N–H and O–H groups in total. The molecule has 4 nitrogen and oxygen atoms in total. The zero-order valence-corrected chi connectivity index (χ0v) is 10.6. The van der Waals surface area contributed by atoms with Crippen LogP contribution in [0.2, 0.25) is 0 Å². The molecule has 1 aromatic carbocycles. The quantitative estimate of drug-likeness (QED) is 0.828. The lowest BCUT2D eigenvalue weighted by molar-refractivity contribution is 0.134. The Labute approximate surface area is 105 Å². The van der Waals surface area contributed by atoms with Gasteiger partial charge in [0.25, 0.3) is 0 Å². The largest absolute Gasteiger partial charge is 0.443 e. The van der Waals surface area contributed by atoms with Gasteiger partial charge in [0, 0.05) is 18.0 Å². The van der Waals surface area contributed by atoms with Crippen molar-refractivity contribution in [1.29, 1.82) is 0 Å². The number of amides is 1. The highest BCUT2D eigenvalue weighted by atomic mass is 32.2. The second-order valence-electron chi connectivity index (χ2n) is 3.97. The maximum Gasteiger partial charge on any atom is 0.410 e. The fourth-order valence-electron chi connectivity index (χ4n) is 1.78. The van der Waals surface area contributed by atoms with Crippen molar-refractivity contribution in [2.75, 3.05) is 19.3 Å². The molecule has 1 aliphatic rings. The molecule has 2 rings (SSSR count). The lowest BCUT2D eigenvalue weighted by atomic mass is 10.2. The normalized spacial score (nSPS) is 19.5. The van der Waals surface area contributed by atoms with Crippen LogP contribution in [0.3, 0.4) is 0 Å². The van der Waals surface area contributed by atoms with E-state index in [1.807, 2.05) is 18.4 Å². The molecular weight excluding hydrogens is 236 g/mol. The van der Waals surface area contributed by atoms with Crippen molar-refractivity contribution in [2.45, 2.75) is 17.5 Å². The first-order valence-corrected chi connectivity index (χ1v) is 6.74. The summed E-state index contributed by atoms with van der Waals surface area (Å²) in [5, 5.41) is 0. The summed E-state index contributed by atoms with van der Waals surface area (Å²) in [6.45, 7) is 1.55. The predicted octanol–water partition coefficient (Wildman–Crippen LogP) is 1.69. The van der Waals surface area contributed by atoms with Crippen molar-refractivity contribution in [1.82, 2.24) is 4.90 Å². The zero-order chi connectivity index (χ0) is 12.3. The molecule has 0 aliphatic carbocycles. The fraction of sp³-hybridized carbons (Fsp3) is 0.417. The van der Waals surface area contributed by atoms with Gasteiger partial charge in [-0.25, -0.2) is 4.79 Å². The molecule has 0 aromatic heterocycles. The smallest absolute Gasteiger partial charge is 0.410 e. The Kier molecular flexibility index (Phi) is 3.91. The average Bonchev–Trinajstić information content (AvgIpc) is 2.71. The van der Waals surface area contributed by atoms with Gasteiger partial charge in [-0.15, -0.1) is 11.8 Å². The van der Waals surface area contributed by atoms with Gasteiger partial charge < -0.3 is 15.4 Å². The average molecular weight is 252 g/mol. The van der Waals surface area contributed by atoms with Crippen LogP contribution in [0.15, 0.2) is 29.2 Å². The van der Waals surface area contributed by atoms with E-state index in [0.717, 1.165) is 5.56 Å². The van der Waals surface area contributed by atoms with Crippen LogP contribution in [0.1, 0.15) is 5.56 Å². The topological polar surface area (TPSA) is 55.6 Å². The first kappa shape index (κ1) is 12.3. The minimum atomic E-state index is -0.269. The minimum Gasteiger partial charge on any atom is -0.443 e. The van der Waals surface area contributed by atoms with Gasteiger partial charge in [-0.05, 0) is 24.0 Å². The van der Waals surface area contributed by atoms with Crippen molar-refractivity contribution in [3.8, 4) is 0 Å². The van der Waals surface area contributed by atoms with Gasteiger partial charge in [0.2, 0.25) is 0 Å². The van der Waals surface area contributed by atoms with Gasteiger partial charge in [0.15, 0.2) is 0 Å². The summed E-state index contributed by atoms with van der Waals surface area (Å²) >= 11 is 1.70. The second kappa shape index (κ2) is 5.42. The van der Waals surface area contributed by atoms with E-state index < -0.39 is 0 Å². The Morgan fingerprint density at radius 1 is 1.47 bits per heavy atom. The number of hydrogen-bond donors (Lipinski definition) is 1. The van der Waals surface area contributed by atoms with Crippen LogP contribution in [-0.2, 0) is 11.3 Å². The van der Waals surface area contributed by atoms with E-state index in [9.17, 15) is 4.79 Å². The molecule has 1 fully saturated rings. The van der Waals surface area contributed by atoms with E-state index in [4.69, 9.17) is 10.5 Å². The summed E-state index contributed by atoms with van der Waals surface area (Å²) in [5.74, 6) is 0. The van der Waals surface area contributed by atoms with Crippen molar-refractivity contribution in [3.63, 3.8) is 0 Å². The number of cyclic esters (lactones) is 1. The number of hydrogen-bond acceptors (Lipinski definition) is 4. The van der Waals surface area contributed by atoms with E-state index in [2.05, 4.69) is 12.1 Å². The highest BCUT2D eigenvalue weighted by Crippen LogP contribution is 2.18. The summed E-state index contributed by atoms with van der Waals surface area (Å²) in [6, 6.07) is 8.19. The Balaban J connectivity index is 1.98. The van der Waals surface area contributed by atoms with Crippen molar-refractivity contribution >= 4 is 17.9 Å². The van der Waals surface area contributed by atoms with E-state index >= 15 is 0 Å². The van der Waals surface area contributed by atoms with Crippen molar-refractivity contribution in [3.05, 3.63) is 29.8 Å². The molecule has 0 spiro atoms. The van der Waals surface area contributed by atoms with Gasteiger partial charge in [0.05, 0.1) is 6.54 Å². The van der Waals surface area contributed by atoms with Crippen LogP contribution in [0.4, 0.5) is 4.79 Å². The maximum absolute atomic E-state index is 11.5. The van der Waals surface area contributed by atoms with Crippen molar-refractivity contribution in [2.24, 2.45) is 5.73 Å². The Morgan fingerprint density at radius 2 is 2.18 bits per heavy atom. The van der Waals surface area contributed by atoms with E-state index in [1.165, 1.54) is 4.90 Å². The monoisotopic (exact) mass is 252 g/mol. The first-order chi connectivity index (χ1) is 8.22. The van der Waals surface area contributed by atoms with Crippen LogP contribution in [0.5, 0.6) is 0 Å². The lowest BCUT2D eigenvalue weighted by Crippen LogP contribution is -2.27. The van der Waals surface area contributed by atoms with Crippen molar-refractivity contribution < 1.29 is 9.53 Å². The summed E-state index contributed by atoms with van der Waals surface area (Å²) in [6.07, 6.45) is 1.61. The summed E-state index contributed by atoms with van der Waals surface area (Å²) < 4.78 is 5.10. The van der Waals surface area contributed by atoms with Crippen LogP contribution in [-0.4, -0.2) is 36.4 Å². The SMILES string of the molecule is CSc1ccc(CN2CC(CN)OC2=O)cc1. The van der Waals surface area contributed by atoms with Crippen LogP contribution >= 0.6 is 11.8 Å². The molecule has 0 bridgehead atoms. The van der Waals surface area contributed by atoms with E-state index in [-0.39, 0.29) is 12.2 Å². The van der Waals surface area contributed by atoms with Crippen LogP contribution in [0.25, 0.3) is 0 Å². The Bertz CT molecular complexity index is 394. The summed E-state index contributed by atoms with van der Waals surface area (Å²) in [4.78, 5) is 14.4. The fourth-order valence-corrected chi connectivity index (χ4v) is 2.19. The molecule has 1 heterocycles. The molecular formula is C12H16N2O2S. The third-order valence-electron chi connectivity index (χ3n) is 2.75. The molecule has 92 valence electrons. The molecule has 5 heteroatoms. The number of carbonyl (C=O) groups is 1. The van der Waals surface area contributed by atoms with Gasteiger partial charge in [-0.2, -0.15) is 0 Å². The molecule has 0 radical (unpaired) electrons. The van der Waals surface area contributed by atoms with E-state index in [1.54, 1.807) is 16.7 Å². The molecule has 1 aromatic rings. The molecule has 0 saturated carbocycles. The van der Waals surface area contributed by atoms with Gasteiger partial charge in [-0.1, -0.05) is 12.1 Å². The third kappa shape index (κ3) is 2.92. The minimum absolute atomic E-state index is 0.159. The highest BCUT2D eigenvalue weighted by Gasteiger charge is 2.29. The van der Waals surface area contributed by atoms with E-state index in [0.29, 0.717) is 19.6 Å². The molecule has 1 saturated heterocycles. The Morgan fingerprint density at radius 3 is 2.71 bits per heavy atom. The number of thioether (sulfide) groups is 1. The zero-order valence-electron chi connectivity index (χ0n) is 9.76. The molecule has 17 heavy (non-hydrogen) atoms. The Hall–Kier alpha value is -1.20. The maximum atomic E-state index is 11.5. The second-order valence-corrected chi connectivity index (χ2v) is 4.85. The number of ether oxygens (including phenoxy) is 1. The highest BCUT2D eigenvalue weighted by molar-refractivity contribution is 7.98. The van der Waals surface area contributed by atoms with Gasteiger partial charge in [0.1, 0.15) is 6.10 Å². The molecule has 1 unspecified atom stereocenters. The van der Waals surface area contributed by atoms with Crippen LogP contribution in [0, 0.1) is 0 Å². The predicted molar refractivity (Wildman–Crippen MR) is 68.0 cm³/mol. The summed E-state index contributed by atoms with van der Waals surface area (Å²) in [5.41, 5.74) is 6.59. The third-order valence-corrected chi connectivity index (χ3v) is 3.49. The summed E-state index contributed by atoms with van der Waals surface area (Å²) in [7, 11) is 0. The number of nitrogens with two attached hydrogens (primary N) is 1. The first-order valence-electron chi connectivity index (χ1n) is 5.51. The number of benzene rings is 1. The molecule has 1 aliphatic heterocycles. The lowest BCUT2D eigenvalue weighted by Gasteiger charge is -2.12. The van der Waals surface area contributed by atoms with Crippen LogP contribution < -0.4 is 5.73 Å². The molecule has 1 amide bonds. The van der Waals surface area contributed by atoms with Gasteiger partial charge >= 0.3 is 6.09 Å².